The van der Waals surface area contributed by atoms with E-state index in [4.69, 9.17) is 0 Å². The lowest BCUT2D eigenvalue weighted by Crippen LogP contribution is -2.35. The summed E-state index contributed by atoms with van der Waals surface area (Å²) in [6.07, 6.45) is 6.66. The van der Waals surface area contributed by atoms with Crippen molar-refractivity contribution in [1.82, 2.24) is 5.32 Å². The van der Waals surface area contributed by atoms with Crippen LogP contribution in [0.2, 0.25) is 0 Å². The zero-order valence-electron chi connectivity index (χ0n) is 11.2. The van der Waals surface area contributed by atoms with E-state index in [0.717, 1.165) is 12.0 Å². The van der Waals surface area contributed by atoms with Crippen LogP contribution in [0.4, 0.5) is 0 Å². The van der Waals surface area contributed by atoms with E-state index in [1.54, 1.807) is 0 Å². The lowest BCUT2D eigenvalue weighted by atomic mass is 9.86. The third-order valence-electron chi connectivity index (χ3n) is 4.06. The van der Waals surface area contributed by atoms with Crippen LogP contribution in [-0.4, -0.2) is 6.04 Å². The summed E-state index contributed by atoms with van der Waals surface area (Å²) in [4.78, 5) is 0. The Hall–Kier alpha value is -0.820. The highest BCUT2D eigenvalue weighted by Gasteiger charge is 2.20. The van der Waals surface area contributed by atoms with Crippen molar-refractivity contribution in [3.05, 3.63) is 35.9 Å². The number of hydrogen-bond donors (Lipinski definition) is 1. The summed E-state index contributed by atoms with van der Waals surface area (Å²) in [7, 11) is 0. The first-order chi connectivity index (χ1) is 8.29. The maximum atomic E-state index is 3.84. The average molecular weight is 231 g/mol. The van der Waals surface area contributed by atoms with Crippen LogP contribution in [0.15, 0.2) is 30.3 Å². The molecule has 0 heterocycles. The first-order valence-electron chi connectivity index (χ1n) is 7.10. The summed E-state index contributed by atoms with van der Waals surface area (Å²) in [6, 6.07) is 12.1. The van der Waals surface area contributed by atoms with Crippen molar-refractivity contribution in [2.24, 2.45) is 5.92 Å². The van der Waals surface area contributed by atoms with Crippen molar-refractivity contribution >= 4 is 0 Å². The molecule has 94 valence electrons. The van der Waals surface area contributed by atoms with Crippen LogP contribution in [0.5, 0.6) is 0 Å². The van der Waals surface area contributed by atoms with Gasteiger partial charge in [0.15, 0.2) is 0 Å². The lowest BCUT2D eigenvalue weighted by molar-refractivity contribution is 0.284. The second kappa shape index (κ2) is 6.20. The van der Waals surface area contributed by atoms with Gasteiger partial charge in [-0.2, -0.15) is 0 Å². The van der Waals surface area contributed by atoms with Gasteiger partial charge in [-0.25, -0.2) is 0 Å². The molecule has 2 rings (SSSR count). The SMILES string of the molecule is CCC(NC1CCC(C)CC1)c1ccccc1. The Bertz CT molecular complexity index is 312. The molecule has 0 spiro atoms. The molecule has 1 fully saturated rings. The van der Waals surface area contributed by atoms with Gasteiger partial charge in [-0.3, -0.25) is 0 Å². The van der Waals surface area contributed by atoms with E-state index >= 15 is 0 Å². The Labute approximate surface area is 106 Å². The van der Waals surface area contributed by atoms with E-state index in [9.17, 15) is 0 Å². The predicted molar refractivity (Wildman–Crippen MR) is 74.0 cm³/mol. The Balaban J connectivity index is 1.92. The molecule has 1 aliphatic carbocycles. The normalized spacial score (nSPS) is 26.7. The summed E-state index contributed by atoms with van der Waals surface area (Å²) in [5, 5.41) is 3.84. The molecule has 0 aliphatic heterocycles. The van der Waals surface area contributed by atoms with Gasteiger partial charge < -0.3 is 5.32 Å². The van der Waals surface area contributed by atoms with Crippen molar-refractivity contribution in [2.75, 3.05) is 0 Å². The molecule has 1 unspecified atom stereocenters. The fourth-order valence-electron chi connectivity index (χ4n) is 2.85. The first kappa shape index (κ1) is 12.6. The summed E-state index contributed by atoms with van der Waals surface area (Å²) in [5.74, 6) is 0.935. The molecule has 1 nitrogen and oxygen atoms in total. The molecule has 1 atom stereocenters. The minimum absolute atomic E-state index is 0.537. The Morgan fingerprint density at radius 1 is 1.12 bits per heavy atom. The fraction of sp³-hybridized carbons (Fsp3) is 0.625. The molecular formula is C16H25N. The maximum Gasteiger partial charge on any atom is 0.0320 e. The van der Waals surface area contributed by atoms with Gasteiger partial charge in [-0.1, -0.05) is 44.2 Å². The minimum atomic E-state index is 0.537. The maximum absolute atomic E-state index is 3.84. The highest BCUT2D eigenvalue weighted by Crippen LogP contribution is 2.26. The van der Waals surface area contributed by atoms with Crippen LogP contribution in [0.1, 0.15) is 57.6 Å². The van der Waals surface area contributed by atoms with Crippen LogP contribution >= 0.6 is 0 Å². The zero-order chi connectivity index (χ0) is 12.1. The van der Waals surface area contributed by atoms with E-state index in [2.05, 4.69) is 49.5 Å². The topological polar surface area (TPSA) is 12.0 Å². The van der Waals surface area contributed by atoms with E-state index in [0.29, 0.717) is 6.04 Å². The summed E-state index contributed by atoms with van der Waals surface area (Å²) < 4.78 is 0. The van der Waals surface area contributed by atoms with E-state index in [-0.39, 0.29) is 0 Å². The molecule has 17 heavy (non-hydrogen) atoms. The van der Waals surface area contributed by atoms with Crippen LogP contribution < -0.4 is 5.32 Å². The largest absolute Gasteiger partial charge is 0.307 e. The van der Waals surface area contributed by atoms with Crippen molar-refractivity contribution in [3.8, 4) is 0 Å². The first-order valence-corrected chi connectivity index (χ1v) is 7.10. The molecule has 1 heteroatoms. The minimum Gasteiger partial charge on any atom is -0.307 e. The second-order valence-corrected chi connectivity index (χ2v) is 5.49. The monoisotopic (exact) mass is 231 g/mol. The highest BCUT2D eigenvalue weighted by molar-refractivity contribution is 5.18. The van der Waals surface area contributed by atoms with Crippen LogP contribution in [-0.2, 0) is 0 Å². The third-order valence-corrected chi connectivity index (χ3v) is 4.06. The number of nitrogens with one attached hydrogen (secondary N) is 1. The van der Waals surface area contributed by atoms with Gasteiger partial charge in [0.1, 0.15) is 0 Å². The van der Waals surface area contributed by atoms with Crippen molar-refractivity contribution in [1.29, 1.82) is 0 Å². The predicted octanol–water partition coefficient (Wildman–Crippen LogP) is 4.31. The van der Waals surface area contributed by atoms with Gasteiger partial charge >= 0.3 is 0 Å². The van der Waals surface area contributed by atoms with Crippen LogP contribution in [0.25, 0.3) is 0 Å². The van der Waals surface area contributed by atoms with Gasteiger partial charge in [-0.15, -0.1) is 0 Å². The molecule has 1 saturated carbocycles. The molecule has 0 saturated heterocycles. The number of benzene rings is 1. The van der Waals surface area contributed by atoms with Gasteiger partial charge in [0.2, 0.25) is 0 Å². The standard InChI is InChI=1S/C16H25N/c1-3-16(14-7-5-4-6-8-14)17-15-11-9-13(2)10-12-15/h4-8,13,15-17H,3,9-12H2,1-2H3. The molecule has 0 amide bonds. The van der Waals surface area contributed by atoms with Gasteiger partial charge in [0.05, 0.1) is 0 Å². The quantitative estimate of drug-likeness (QED) is 0.814. The Kier molecular flexibility index (Phi) is 4.61. The molecular weight excluding hydrogens is 206 g/mol. The number of rotatable bonds is 4. The lowest BCUT2D eigenvalue weighted by Gasteiger charge is -2.30. The summed E-state index contributed by atoms with van der Waals surface area (Å²) >= 11 is 0. The number of hydrogen-bond acceptors (Lipinski definition) is 1. The van der Waals surface area contributed by atoms with Crippen molar-refractivity contribution in [2.45, 2.75) is 58.0 Å². The molecule has 1 aliphatic rings. The van der Waals surface area contributed by atoms with E-state index in [1.807, 2.05) is 0 Å². The molecule has 0 bridgehead atoms. The van der Waals surface area contributed by atoms with Gasteiger partial charge in [0, 0.05) is 12.1 Å². The molecule has 0 radical (unpaired) electrons. The van der Waals surface area contributed by atoms with E-state index in [1.165, 1.54) is 37.7 Å². The third kappa shape index (κ3) is 3.57. The average Bonchev–Trinajstić information content (AvgIpc) is 2.39. The Morgan fingerprint density at radius 3 is 2.35 bits per heavy atom. The van der Waals surface area contributed by atoms with Crippen LogP contribution in [0.3, 0.4) is 0 Å². The molecule has 0 aromatic heterocycles. The van der Waals surface area contributed by atoms with Crippen molar-refractivity contribution < 1.29 is 0 Å². The molecule has 1 aromatic rings. The molecule has 1 aromatic carbocycles. The van der Waals surface area contributed by atoms with Crippen molar-refractivity contribution in [3.63, 3.8) is 0 Å². The molecule has 1 N–H and O–H groups in total. The Morgan fingerprint density at radius 2 is 1.76 bits per heavy atom. The fourth-order valence-corrected chi connectivity index (χ4v) is 2.85. The second-order valence-electron chi connectivity index (χ2n) is 5.49. The summed E-state index contributed by atoms with van der Waals surface area (Å²) in [5.41, 5.74) is 1.44. The van der Waals surface area contributed by atoms with Crippen LogP contribution in [0, 0.1) is 5.92 Å². The smallest absolute Gasteiger partial charge is 0.0320 e. The van der Waals surface area contributed by atoms with E-state index < -0.39 is 0 Å². The van der Waals surface area contributed by atoms with Gasteiger partial charge in [-0.05, 0) is 43.6 Å². The zero-order valence-corrected chi connectivity index (χ0v) is 11.2. The highest BCUT2D eigenvalue weighted by atomic mass is 14.9. The van der Waals surface area contributed by atoms with Gasteiger partial charge in [0.25, 0.3) is 0 Å². The summed E-state index contributed by atoms with van der Waals surface area (Å²) in [6.45, 7) is 4.65.